The van der Waals surface area contributed by atoms with Gasteiger partial charge in [0.05, 0.1) is 11.6 Å². The molecule has 1 amide bonds. The van der Waals surface area contributed by atoms with Crippen molar-refractivity contribution >= 4 is 23.1 Å². The van der Waals surface area contributed by atoms with Crippen LogP contribution in [0.25, 0.3) is 34.1 Å². The van der Waals surface area contributed by atoms with Crippen LogP contribution in [0, 0.1) is 0 Å². The predicted octanol–water partition coefficient (Wildman–Crippen LogP) is 4.76. The number of imidazole rings is 1. The number of benzene rings is 1. The van der Waals surface area contributed by atoms with Crippen LogP contribution in [0.3, 0.4) is 0 Å². The molecule has 192 valence electrons. The number of anilines is 1. The number of ether oxygens (including phenoxy) is 1. The Morgan fingerprint density at radius 2 is 1.97 bits per heavy atom. The molecule has 0 aliphatic heterocycles. The van der Waals surface area contributed by atoms with Crippen LogP contribution in [0.2, 0.25) is 0 Å². The van der Waals surface area contributed by atoms with E-state index in [-0.39, 0.29) is 6.04 Å². The first-order valence-corrected chi connectivity index (χ1v) is 12.5. The molecule has 0 saturated heterocycles. The fraction of sp³-hybridized carbons (Fsp3) is 0.250. The highest BCUT2D eigenvalue weighted by Gasteiger charge is 2.27. The predicted molar refractivity (Wildman–Crippen MR) is 144 cm³/mol. The standard InChI is InChI=1S/C28H28N8O2/c1-28(2,3)38-27(37)33-21-10-7-17-16-18(8-9-19(17)21)36-25(20-6-4-13-30-24(20)29)32-22-11-12-23(34-26(22)36)35-15-5-14-31-35/h4-6,8-9,11-16,21H,7,10H2,1-3H3,(H2,29,30)(H,33,37)/t21-/m1/s1. The number of nitrogens with two attached hydrogens (primary N) is 1. The van der Waals surface area contributed by atoms with Gasteiger partial charge >= 0.3 is 6.09 Å². The number of hydrogen-bond donors (Lipinski definition) is 2. The highest BCUT2D eigenvalue weighted by atomic mass is 16.6. The van der Waals surface area contributed by atoms with E-state index in [1.165, 1.54) is 0 Å². The van der Waals surface area contributed by atoms with Crippen molar-refractivity contribution < 1.29 is 9.53 Å². The van der Waals surface area contributed by atoms with Crippen LogP contribution >= 0.6 is 0 Å². The van der Waals surface area contributed by atoms with Gasteiger partial charge in [-0.3, -0.25) is 4.57 Å². The monoisotopic (exact) mass is 508 g/mol. The molecule has 10 heteroatoms. The fourth-order valence-corrected chi connectivity index (χ4v) is 4.85. The lowest BCUT2D eigenvalue weighted by Gasteiger charge is -2.22. The Hall–Kier alpha value is -4.73. The maximum Gasteiger partial charge on any atom is 0.408 e. The first kappa shape index (κ1) is 23.7. The summed E-state index contributed by atoms with van der Waals surface area (Å²) in [6, 6.07) is 15.5. The number of nitrogens with zero attached hydrogens (tertiary/aromatic N) is 6. The molecule has 0 fully saturated rings. The summed E-state index contributed by atoms with van der Waals surface area (Å²) in [4.78, 5) is 26.5. The zero-order valence-corrected chi connectivity index (χ0v) is 21.4. The highest BCUT2D eigenvalue weighted by molar-refractivity contribution is 5.83. The van der Waals surface area contributed by atoms with Gasteiger partial charge in [-0.05, 0) is 87.2 Å². The molecule has 0 radical (unpaired) electrons. The number of nitrogens with one attached hydrogen (secondary N) is 1. The Morgan fingerprint density at radius 3 is 2.74 bits per heavy atom. The lowest BCUT2D eigenvalue weighted by atomic mass is 10.1. The highest BCUT2D eigenvalue weighted by Crippen LogP contribution is 2.36. The van der Waals surface area contributed by atoms with Gasteiger partial charge in [0.15, 0.2) is 17.3 Å². The number of hydrogen-bond acceptors (Lipinski definition) is 7. The molecule has 5 aromatic rings. The SMILES string of the molecule is CC(C)(C)OC(=O)N[C@@H]1CCc2cc(-n3c(-c4cccnc4N)nc4ccc(-n5cccn5)nc43)ccc21. The van der Waals surface area contributed by atoms with Crippen LogP contribution in [0.4, 0.5) is 10.6 Å². The third-order valence-corrected chi connectivity index (χ3v) is 6.46. The third kappa shape index (κ3) is 4.34. The number of aryl methyl sites for hydroxylation is 1. The molecule has 1 aliphatic rings. The van der Waals surface area contributed by atoms with E-state index in [4.69, 9.17) is 20.4 Å². The summed E-state index contributed by atoms with van der Waals surface area (Å²) in [5.41, 5.74) is 11.0. The smallest absolute Gasteiger partial charge is 0.408 e. The number of rotatable bonds is 4. The van der Waals surface area contributed by atoms with Crippen LogP contribution < -0.4 is 11.1 Å². The van der Waals surface area contributed by atoms with Crippen LogP contribution in [0.15, 0.2) is 67.1 Å². The molecule has 10 nitrogen and oxygen atoms in total. The lowest BCUT2D eigenvalue weighted by molar-refractivity contribution is 0.0503. The fourth-order valence-electron chi connectivity index (χ4n) is 4.85. The average molecular weight is 509 g/mol. The number of pyridine rings is 2. The summed E-state index contributed by atoms with van der Waals surface area (Å²) in [6.45, 7) is 5.57. The van der Waals surface area contributed by atoms with Gasteiger partial charge in [-0.25, -0.2) is 24.4 Å². The number of nitrogen functional groups attached to an aromatic ring is 1. The van der Waals surface area contributed by atoms with E-state index in [1.807, 2.05) is 67.9 Å². The van der Waals surface area contributed by atoms with Gasteiger partial charge in [0, 0.05) is 24.3 Å². The second-order valence-corrected chi connectivity index (χ2v) is 10.3. The van der Waals surface area contributed by atoms with Gasteiger partial charge in [0.1, 0.15) is 16.9 Å². The van der Waals surface area contributed by atoms with Crippen molar-refractivity contribution in [3.63, 3.8) is 0 Å². The summed E-state index contributed by atoms with van der Waals surface area (Å²) in [6.07, 6.45) is 6.44. The molecule has 4 aromatic heterocycles. The van der Waals surface area contributed by atoms with Crippen LogP contribution in [-0.4, -0.2) is 41.0 Å². The minimum atomic E-state index is -0.551. The Bertz CT molecular complexity index is 1650. The van der Waals surface area contributed by atoms with Gasteiger partial charge in [-0.2, -0.15) is 5.10 Å². The number of carbonyl (C=O) groups excluding carboxylic acids is 1. The van der Waals surface area contributed by atoms with E-state index in [0.717, 1.165) is 40.7 Å². The van der Waals surface area contributed by atoms with Crippen molar-refractivity contribution in [3.8, 4) is 22.9 Å². The van der Waals surface area contributed by atoms with Crippen molar-refractivity contribution in [2.45, 2.75) is 45.3 Å². The van der Waals surface area contributed by atoms with Gasteiger partial charge in [-0.15, -0.1) is 0 Å². The number of carbonyl (C=O) groups is 1. The van der Waals surface area contributed by atoms with Gasteiger partial charge in [0.25, 0.3) is 0 Å². The third-order valence-electron chi connectivity index (χ3n) is 6.46. The summed E-state index contributed by atoms with van der Waals surface area (Å²) < 4.78 is 9.19. The molecule has 1 aliphatic carbocycles. The molecular formula is C28H28N8O2. The van der Waals surface area contributed by atoms with Crippen molar-refractivity contribution in [3.05, 3.63) is 78.2 Å². The summed E-state index contributed by atoms with van der Waals surface area (Å²) in [5.74, 6) is 1.72. The molecule has 38 heavy (non-hydrogen) atoms. The van der Waals surface area contributed by atoms with Crippen LogP contribution in [0.1, 0.15) is 44.4 Å². The van der Waals surface area contributed by atoms with Crippen LogP contribution in [0.5, 0.6) is 0 Å². The minimum Gasteiger partial charge on any atom is -0.444 e. The molecule has 0 spiro atoms. The Morgan fingerprint density at radius 1 is 1.11 bits per heavy atom. The molecule has 0 unspecified atom stereocenters. The van der Waals surface area contributed by atoms with E-state index in [0.29, 0.717) is 23.1 Å². The van der Waals surface area contributed by atoms with Crippen molar-refractivity contribution in [1.29, 1.82) is 0 Å². The number of amides is 1. The van der Waals surface area contributed by atoms with Crippen molar-refractivity contribution in [2.24, 2.45) is 0 Å². The number of aromatic nitrogens is 6. The van der Waals surface area contributed by atoms with Crippen LogP contribution in [-0.2, 0) is 11.2 Å². The average Bonchev–Trinajstić information content (AvgIpc) is 3.61. The minimum absolute atomic E-state index is 0.105. The Labute approximate surface area is 219 Å². The van der Waals surface area contributed by atoms with Crippen molar-refractivity contribution in [1.82, 2.24) is 34.6 Å². The topological polar surface area (TPSA) is 126 Å². The molecular weight excluding hydrogens is 480 g/mol. The lowest BCUT2D eigenvalue weighted by Crippen LogP contribution is -2.34. The normalized spacial score (nSPS) is 15.0. The van der Waals surface area contributed by atoms with Gasteiger partial charge in [0.2, 0.25) is 0 Å². The number of fused-ring (bicyclic) bond motifs is 2. The summed E-state index contributed by atoms with van der Waals surface area (Å²) in [7, 11) is 0. The maximum absolute atomic E-state index is 12.4. The van der Waals surface area contributed by atoms with Crippen molar-refractivity contribution in [2.75, 3.05) is 5.73 Å². The molecule has 6 rings (SSSR count). The summed E-state index contributed by atoms with van der Waals surface area (Å²) >= 11 is 0. The molecule has 4 heterocycles. The number of alkyl carbamates (subject to hydrolysis) is 1. The molecule has 3 N–H and O–H groups in total. The first-order chi connectivity index (χ1) is 18.3. The molecule has 0 bridgehead atoms. The van der Waals surface area contributed by atoms with E-state index < -0.39 is 11.7 Å². The molecule has 0 saturated carbocycles. The Balaban J connectivity index is 1.45. The quantitative estimate of drug-likeness (QED) is 0.358. The zero-order chi connectivity index (χ0) is 26.4. The second kappa shape index (κ2) is 8.98. The largest absolute Gasteiger partial charge is 0.444 e. The second-order valence-electron chi connectivity index (χ2n) is 10.3. The van der Waals surface area contributed by atoms with Gasteiger partial charge < -0.3 is 15.8 Å². The van der Waals surface area contributed by atoms with E-state index in [1.54, 1.807) is 17.1 Å². The zero-order valence-electron chi connectivity index (χ0n) is 21.4. The Kier molecular flexibility index (Phi) is 5.59. The van der Waals surface area contributed by atoms with E-state index in [2.05, 4.69) is 27.5 Å². The molecule has 1 aromatic carbocycles. The first-order valence-electron chi connectivity index (χ1n) is 12.5. The maximum atomic E-state index is 12.4. The van der Waals surface area contributed by atoms with E-state index in [9.17, 15) is 4.79 Å². The van der Waals surface area contributed by atoms with E-state index >= 15 is 0 Å². The van der Waals surface area contributed by atoms with Gasteiger partial charge in [-0.1, -0.05) is 6.07 Å². The molecule has 1 atom stereocenters. The summed E-state index contributed by atoms with van der Waals surface area (Å²) in [5, 5.41) is 7.34.